The number of nitro groups is 1. The van der Waals surface area contributed by atoms with E-state index in [1.54, 1.807) is 0 Å². The number of non-ortho nitro benzene ring substituents is 1. The smallest absolute Gasteiger partial charge is 0.294 e. The topological polar surface area (TPSA) is 178 Å². The third-order valence-corrected chi connectivity index (χ3v) is 4.38. The molecule has 0 aliphatic heterocycles. The highest BCUT2D eigenvalue weighted by atomic mass is 32.2. The second kappa shape index (κ2) is 9.19. The van der Waals surface area contributed by atoms with E-state index in [9.17, 15) is 28.1 Å². The SMILES string of the molecule is COc1ccc(N=Nc2cc([N+](=O)[O-])cc(S(=O)(=O)O)c2)c(NC(=O)CC(C)=O)c1. The van der Waals surface area contributed by atoms with Crippen molar-refractivity contribution >= 4 is 44.6 Å². The lowest BCUT2D eigenvalue weighted by atomic mass is 10.2. The molecular weight excluding hydrogens is 420 g/mol. The molecule has 0 atom stereocenters. The molecule has 13 heteroatoms. The minimum absolute atomic E-state index is 0.104. The van der Waals surface area contributed by atoms with Gasteiger partial charge in [0.25, 0.3) is 15.8 Å². The number of hydrogen-bond donors (Lipinski definition) is 2. The van der Waals surface area contributed by atoms with E-state index in [0.717, 1.165) is 12.1 Å². The summed E-state index contributed by atoms with van der Waals surface area (Å²) in [5.74, 6) is -0.583. The van der Waals surface area contributed by atoms with Gasteiger partial charge in [0, 0.05) is 18.2 Å². The molecule has 0 unspecified atom stereocenters. The van der Waals surface area contributed by atoms with Crippen LogP contribution < -0.4 is 10.1 Å². The fraction of sp³-hybridized carbons (Fsp3) is 0.176. The van der Waals surface area contributed by atoms with Crippen molar-refractivity contribution in [2.45, 2.75) is 18.2 Å². The minimum atomic E-state index is -4.72. The van der Waals surface area contributed by atoms with Crippen LogP contribution in [-0.4, -0.2) is 36.7 Å². The van der Waals surface area contributed by atoms with Crippen LogP contribution in [-0.2, 0) is 19.7 Å². The zero-order valence-electron chi connectivity index (χ0n) is 15.7. The van der Waals surface area contributed by atoms with Crippen molar-refractivity contribution < 1.29 is 32.2 Å². The van der Waals surface area contributed by atoms with Crippen LogP contribution in [0.4, 0.5) is 22.7 Å². The fourth-order valence-corrected chi connectivity index (χ4v) is 2.78. The van der Waals surface area contributed by atoms with Gasteiger partial charge in [-0.25, -0.2) is 0 Å². The van der Waals surface area contributed by atoms with E-state index in [-0.39, 0.29) is 29.3 Å². The molecule has 0 radical (unpaired) electrons. The number of rotatable bonds is 8. The Kier molecular flexibility index (Phi) is 6.92. The number of amides is 1. The normalized spacial score (nSPS) is 11.3. The van der Waals surface area contributed by atoms with E-state index in [1.807, 2.05) is 0 Å². The Labute approximate surface area is 170 Å². The number of benzene rings is 2. The summed E-state index contributed by atoms with van der Waals surface area (Å²) in [7, 11) is -3.32. The van der Waals surface area contributed by atoms with Gasteiger partial charge in [0.05, 0.1) is 29.8 Å². The third kappa shape index (κ3) is 6.15. The first-order chi connectivity index (χ1) is 14.0. The van der Waals surface area contributed by atoms with Crippen LogP contribution in [0.2, 0.25) is 0 Å². The molecule has 0 saturated carbocycles. The van der Waals surface area contributed by atoms with Gasteiger partial charge in [0.15, 0.2) is 0 Å². The number of nitro benzene ring substituents is 1. The van der Waals surface area contributed by atoms with Crippen LogP contribution in [0.15, 0.2) is 51.5 Å². The molecule has 30 heavy (non-hydrogen) atoms. The van der Waals surface area contributed by atoms with Crippen molar-refractivity contribution in [3.8, 4) is 5.75 Å². The molecule has 2 aromatic rings. The van der Waals surface area contributed by atoms with Crippen LogP contribution in [0.5, 0.6) is 5.75 Å². The van der Waals surface area contributed by atoms with Gasteiger partial charge in [0.2, 0.25) is 5.91 Å². The molecule has 0 fully saturated rings. The van der Waals surface area contributed by atoms with Crippen molar-refractivity contribution in [2.24, 2.45) is 10.2 Å². The highest BCUT2D eigenvalue weighted by Crippen LogP contribution is 2.32. The first kappa shape index (κ1) is 22.6. The van der Waals surface area contributed by atoms with Gasteiger partial charge in [-0.1, -0.05) is 0 Å². The van der Waals surface area contributed by atoms with Crippen LogP contribution in [0.1, 0.15) is 13.3 Å². The number of nitrogens with zero attached hydrogens (tertiary/aromatic N) is 3. The monoisotopic (exact) mass is 436 g/mol. The standard InChI is InChI=1S/C17H16N4O8S/c1-10(22)5-17(23)18-16-9-13(29-2)3-4-15(16)20-19-11-6-12(21(24)25)8-14(7-11)30(26,27)28/h3-4,6-9H,5H2,1-2H3,(H,18,23)(H,26,27,28). The summed E-state index contributed by atoms with van der Waals surface area (Å²) in [4.78, 5) is 32.4. The van der Waals surface area contributed by atoms with E-state index in [0.29, 0.717) is 11.8 Å². The van der Waals surface area contributed by atoms with Gasteiger partial charge in [-0.3, -0.25) is 24.3 Å². The van der Waals surface area contributed by atoms with E-state index < -0.39 is 31.5 Å². The zero-order chi connectivity index (χ0) is 22.5. The highest BCUT2D eigenvalue weighted by Gasteiger charge is 2.18. The van der Waals surface area contributed by atoms with Gasteiger partial charge in [-0.05, 0) is 25.1 Å². The van der Waals surface area contributed by atoms with Crippen molar-refractivity contribution in [3.05, 3.63) is 46.5 Å². The number of azo groups is 1. The van der Waals surface area contributed by atoms with Gasteiger partial charge in [-0.2, -0.15) is 13.5 Å². The third-order valence-electron chi connectivity index (χ3n) is 3.55. The largest absolute Gasteiger partial charge is 0.497 e. The van der Waals surface area contributed by atoms with E-state index in [2.05, 4.69) is 15.5 Å². The molecule has 0 aliphatic rings. The maximum Gasteiger partial charge on any atom is 0.294 e. The number of ether oxygens (including phenoxy) is 1. The number of nitrogens with one attached hydrogen (secondary N) is 1. The van der Waals surface area contributed by atoms with Gasteiger partial charge < -0.3 is 10.1 Å². The van der Waals surface area contributed by atoms with E-state index in [4.69, 9.17) is 9.29 Å². The Balaban J connectivity index is 2.46. The average molecular weight is 436 g/mol. The molecule has 0 bridgehead atoms. The summed E-state index contributed by atoms with van der Waals surface area (Å²) in [5, 5.41) is 21.1. The second-order valence-corrected chi connectivity index (χ2v) is 7.35. The fourth-order valence-electron chi connectivity index (χ4n) is 2.24. The van der Waals surface area contributed by atoms with Crippen molar-refractivity contribution in [1.82, 2.24) is 0 Å². The molecule has 0 spiro atoms. The lowest BCUT2D eigenvalue weighted by Gasteiger charge is -2.09. The van der Waals surface area contributed by atoms with Crippen molar-refractivity contribution in [1.29, 1.82) is 0 Å². The van der Waals surface area contributed by atoms with E-state index >= 15 is 0 Å². The molecule has 0 heterocycles. The van der Waals surface area contributed by atoms with Crippen LogP contribution in [0.3, 0.4) is 0 Å². The Bertz CT molecular complexity index is 1140. The molecule has 0 aliphatic carbocycles. The Hall–Kier alpha value is -3.71. The lowest BCUT2D eigenvalue weighted by Crippen LogP contribution is -2.14. The average Bonchev–Trinajstić information content (AvgIpc) is 2.65. The first-order valence-electron chi connectivity index (χ1n) is 8.15. The molecule has 158 valence electrons. The van der Waals surface area contributed by atoms with Crippen LogP contribution in [0.25, 0.3) is 0 Å². The van der Waals surface area contributed by atoms with Crippen molar-refractivity contribution in [3.63, 3.8) is 0 Å². The van der Waals surface area contributed by atoms with Gasteiger partial charge >= 0.3 is 0 Å². The number of methoxy groups -OCH3 is 1. The Morgan fingerprint density at radius 1 is 1.20 bits per heavy atom. The summed E-state index contributed by atoms with van der Waals surface area (Å²) in [6.07, 6.45) is -0.365. The molecule has 0 aromatic heterocycles. The molecular formula is C17H16N4O8S. The first-order valence-corrected chi connectivity index (χ1v) is 9.59. The Morgan fingerprint density at radius 3 is 2.47 bits per heavy atom. The van der Waals surface area contributed by atoms with E-state index in [1.165, 1.54) is 32.2 Å². The second-order valence-electron chi connectivity index (χ2n) is 5.93. The minimum Gasteiger partial charge on any atom is -0.497 e. The predicted molar refractivity (Wildman–Crippen MR) is 104 cm³/mol. The zero-order valence-corrected chi connectivity index (χ0v) is 16.5. The lowest BCUT2D eigenvalue weighted by molar-refractivity contribution is -0.385. The quantitative estimate of drug-likeness (QED) is 0.208. The molecule has 12 nitrogen and oxygen atoms in total. The number of anilines is 1. The molecule has 0 saturated heterocycles. The van der Waals surface area contributed by atoms with Crippen LogP contribution in [0, 0.1) is 10.1 Å². The predicted octanol–water partition coefficient (Wildman–Crippen LogP) is 3.18. The number of ketones is 1. The van der Waals surface area contributed by atoms with Gasteiger partial charge in [-0.15, -0.1) is 5.11 Å². The highest BCUT2D eigenvalue weighted by molar-refractivity contribution is 7.85. The van der Waals surface area contributed by atoms with Crippen LogP contribution >= 0.6 is 0 Å². The number of Topliss-reactive ketones (excluding diaryl/α,β-unsaturated/α-hetero) is 1. The van der Waals surface area contributed by atoms with Gasteiger partial charge in [0.1, 0.15) is 22.1 Å². The summed E-state index contributed by atoms with van der Waals surface area (Å²) in [6, 6.07) is 6.87. The summed E-state index contributed by atoms with van der Waals surface area (Å²) < 4.78 is 36.9. The number of carbonyl (C=O) groups is 2. The molecule has 2 rings (SSSR count). The van der Waals surface area contributed by atoms with Crippen molar-refractivity contribution in [2.75, 3.05) is 12.4 Å². The number of hydrogen-bond acceptors (Lipinski definition) is 9. The summed E-state index contributed by atoms with van der Waals surface area (Å²) >= 11 is 0. The molecule has 1 amide bonds. The molecule has 2 aromatic carbocycles. The molecule has 2 N–H and O–H groups in total. The maximum absolute atomic E-state index is 11.9. The Morgan fingerprint density at radius 2 is 1.90 bits per heavy atom. The summed E-state index contributed by atoms with van der Waals surface area (Å²) in [6.45, 7) is 1.25. The number of carbonyl (C=O) groups excluding carboxylic acids is 2. The maximum atomic E-state index is 11.9. The summed E-state index contributed by atoms with van der Waals surface area (Å²) in [5.41, 5.74) is -0.602.